The van der Waals surface area contributed by atoms with Crippen LogP contribution in [0.2, 0.25) is 0 Å². The average molecular weight is 279 g/mol. The molecule has 3 rings (SSSR count). The lowest BCUT2D eigenvalue weighted by Gasteiger charge is -2.32. The van der Waals surface area contributed by atoms with Crippen LogP contribution in [0.15, 0.2) is 0 Å². The monoisotopic (exact) mass is 279 g/mol. The maximum absolute atomic E-state index is 3.87. The molecule has 3 heteroatoms. The second kappa shape index (κ2) is 6.76. The summed E-state index contributed by atoms with van der Waals surface area (Å²) < 4.78 is 0. The van der Waals surface area contributed by atoms with Crippen LogP contribution < -0.4 is 5.32 Å². The van der Waals surface area contributed by atoms with Crippen LogP contribution in [0.3, 0.4) is 0 Å². The molecule has 0 aromatic carbocycles. The fourth-order valence-electron chi connectivity index (χ4n) is 3.83. The maximum atomic E-state index is 3.87. The molecule has 0 amide bonds. The van der Waals surface area contributed by atoms with Crippen LogP contribution in [-0.4, -0.2) is 62.7 Å². The van der Waals surface area contributed by atoms with Gasteiger partial charge in [-0.25, -0.2) is 0 Å². The van der Waals surface area contributed by atoms with Gasteiger partial charge >= 0.3 is 0 Å². The molecule has 0 bridgehead atoms. The number of hydrogen-bond acceptors (Lipinski definition) is 3. The molecule has 0 spiro atoms. The van der Waals surface area contributed by atoms with E-state index in [1.807, 2.05) is 0 Å². The summed E-state index contributed by atoms with van der Waals surface area (Å²) in [5.74, 6) is 2.99. The number of likely N-dealkylation sites (N-methyl/N-ethyl adjacent to an activating group) is 1. The summed E-state index contributed by atoms with van der Waals surface area (Å²) in [6.07, 6.45) is 8.72. The highest BCUT2D eigenvalue weighted by atomic mass is 15.1. The molecule has 116 valence electrons. The van der Waals surface area contributed by atoms with Gasteiger partial charge in [-0.15, -0.1) is 0 Å². The second-order valence-corrected chi connectivity index (χ2v) is 7.66. The number of hydrogen-bond donors (Lipinski definition) is 1. The second-order valence-electron chi connectivity index (χ2n) is 7.66. The Morgan fingerprint density at radius 1 is 1.05 bits per heavy atom. The minimum Gasteiger partial charge on any atom is -0.312 e. The van der Waals surface area contributed by atoms with Gasteiger partial charge in [0.25, 0.3) is 0 Å². The molecule has 0 aromatic heterocycles. The standard InChI is InChI=1S/C17H33N3/c1-19-10-7-14(8-11-19)13-20(2)12-9-18-17(15-3-4-15)16-5-6-16/h14-18H,3-13H2,1-2H3. The number of nitrogens with one attached hydrogen (secondary N) is 1. The first kappa shape index (κ1) is 14.8. The Morgan fingerprint density at radius 2 is 1.65 bits per heavy atom. The van der Waals surface area contributed by atoms with Gasteiger partial charge in [0.1, 0.15) is 0 Å². The van der Waals surface area contributed by atoms with E-state index in [0.29, 0.717) is 0 Å². The minimum absolute atomic E-state index is 0.867. The first-order chi connectivity index (χ1) is 9.72. The zero-order chi connectivity index (χ0) is 13.9. The quantitative estimate of drug-likeness (QED) is 0.733. The van der Waals surface area contributed by atoms with Gasteiger partial charge < -0.3 is 15.1 Å². The first-order valence-corrected chi connectivity index (χ1v) is 8.83. The Kier molecular flexibility index (Phi) is 5.00. The van der Waals surface area contributed by atoms with E-state index < -0.39 is 0 Å². The van der Waals surface area contributed by atoms with Gasteiger partial charge in [0.2, 0.25) is 0 Å². The van der Waals surface area contributed by atoms with E-state index in [0.717, 1.165) is 23.8 Å². The molecule has 0 aromatic rings. The molecule has 3 fully saturated rings. The molecule has 3 aliphatic rings. The summed E-state index contributed by atoms with van der Waals surface area (Å²) in [5.41, 5.74) is 0. The Labute approximate surface area is 125 Å². The van der Waals surface area contributed by atoms with Crippen molar-refractivity contribution in [1.29, 1.82) is 0 Å². The van der Waals surface area contributed by atoms with Crippen molar-refractivity contribution in [2.75, 3.05) is 46.8 Å². The molecule has 2 aliphatic carbocycles. The molecule has 0 unspecified atom stereocenters. The van der Waals surface area contributed by atoms with E-state index in [4.69, 9.17) is 0 Å². The van der Waals surface area contributed by atoms with E-state index in [1.165, 1.54) is 71.2 Å². The molecule has 1 heterocycles. The van der Waals surface area contributed by atoms with Crippen molar-refractivity contribution in [1.82, 2.24) is 15.1 Å². The van der Waals surface area contributed by atoms with Crippen LogP contribution >= 0.6 is 0 Å². The summed E-state index contributed by atoms with van der Waals surface area (Å²) in [6, 6.07) is 0.867. The van der Waals surface area contributed by atoms with Crippen LogP contribution in [0.4, 0.5) is 0 Å². The van der Waals surface area contributed by atoms with Crippen LogP contribution in [0.25, 0.3) is 0 Å². The summed E-state index contributed by atoms with van der Waals surface area (Å²) in [7, 11) is 4.56. The topological polar surface area (TPSA) is 18.5 Å². The minimum atomic E-state index is 0.867. The van der Waals surface area contributed by atoms with Crippen LogP contribution in [-0.2, 0) is 0 Å². The SMILES string of the molecule is CN1CCC(CN(C)CCNC(C2CC2)C2CC2)CC1. The van der Waals surface area contributed by atoms with Gasteiger partial charge in [-0.2, -0.15) is 0 Å². The summed E-state index contributed by atoms with van der Waals surface area (Å²) >= 11 is 0. The van der Waals surface area contributed by atoms with Crippen molar-refractivity contribution >= 4 is 0 Å². The van der Waals surface area contributed by atoms with E-state index in [2.05, 4.69) is 29.2 Å². The van der Waals surface area contributed by atoms with E-state index in [-0.39, 0.29) is 0 Å². The zero-order valence-electron chi connectivity index (χ0n) is 13.5. The molecule has 1 N–H and O–H groups in total. The Bertz CT molecular complexity index is 279. The molecular formula is C17H33N3. The molecule has 1 aliphatic heterocycles. The highest BCUT2D eigenvalue weighted by molar-refractivity contribution is 4.96. The predicted molar refractivity (Wildman–Crippen MR) is 85.0 cm³/mol. The van der Waals surface area contributed by atoms with Gasteiger partial charge in [0.05, 0.1) is 0 Å². The lowest BCUT2D eigenvalue weighted by molar-refractivity contribution is 0.175. The Hall–Kier alpha value is -0.120. The summed E-state index contributed by atoms with van der Waals surface area (Å²) in [5, 5.41) is 3.87. The molecule has 1 saturated heterocycles. The van der Waals surface area contributed by atoms with Crippen molar-refractivity contribution < 1.29 is 0 Å². The van der Waals surface area contributed by atoms with E-state index in [9.17, 15) is 0 Å². The van der Waals surface area contributed by atoms with Crippen LogP contribution in [0.1, 0.15) is 38.5 Å². The Morgan fingerprint density at radius 3 is 2.20 bits per heavy atom. The van der Waals surface area contributed by atoms with Crippen molar-refractivity contribution in [2.45, 2.75) is 44.6 Å². The molecule has 3 nitrogen and oxygen atoms in total. The van der Waals surface area contributed by atoms with Crippen molar-refractivity contribution in [3.8, 4) is 0 Å². The average Bonchev–Trinajstić information content (AvgIpc) is 3.29. The lowest BCUT2D eigenvalue weighted by atomic mass is 9.97. The van der Waals surface area contributed by atoms with E-state index >= 15 is 0 Å². The number of piperidine rings is 1. The van der Waals surface area contributed by atoms with Crippen molar-refractivity contribution in [3.63, 3.8) is 0 Å². The number of nitrogens with zero attached hydrogens (tertiary/aromatic N) is 2. The van der Waals surface area contributed by atoms with Crippen molar-refractivity contribution in [3.05, 3.63) is 0 Å². The molecule has 20 heavy (non-hydrogen) atoms. The lowest BCUT2D eigenvalue weighted by Crippen LogP contribution is -2.41. The van der Waals surface area contributed by atoms with Crippen LogP contribution in [0, 0.1) is 17.8 Å². The number of likely N-dealkylation sites (tertiary alicyclic amines) is 1. The zero-order valence-corrected chi connectivity index (χ0v) is 13.5. The van der Waals surface area contributed by atoms with Gasteiger partial charge in [0.15, 0.2) is 0 Å². The normalized spacial score (nSPS) is 25.8. The number of rotatable bonds is 8. The van der Waals surface area contributed by atoms with Crippen LogP contribution in [0.5, 0.6) is 0 Å². The highest BCUT2D eigenvalue weighted by Gasteiger charge is 2.40. The molecular weight excluding hydrogens is 246 g/mol. The van der Waals surface area contributed by atoms with Crippen molar-refractivity contribution in [2.24, 2.45) is 17.8 Å². The third-order valence-electron chi connectivity index (χ3n) is 5.54. The third kappa shape index (κ3) is 4.44. The van der Waals surface area contributed by atoms with Gasteiger partial charge in [0, 0.05) is 25.7 Å². The van der Waals surface area contributed by atoms with Gasteiger partial charge in [-0.05, 0) is 83.5 Å². The first-order valence-electron chi connectivity index (χ1n) is 8.83. The van der Waals surface area contributed by atoms with Gasteiger partial charge in [-0.3, -0.25) is 0 Å². The molecule has 2 saturated carbocycles. The smallest absolute Gasteiger partial charge is 0.0124 e. The largest absolute Gasteiger partial charge is 0.312 e. The summed E-state index contributed by atoms with van der Waals surface area (Å²) in [4.78, 5) is 5.02. The fourth-order valence-corrected chi connectivity index (χ4v) is 3.83. The Balaban J connectivity index is 1.29. The maximum Gasteiger partial charge on any atom is 0.0124 e. The molecule has 0 atom stereocenters. The highest BCUT2D eigenvalue weighted by Crippen LogP contribution is 2.44. The van der Waals surface area contributed by atoms with E-state index in [1.54, 1.807) is 0 Å². The summed E-state index contributed by atoms with van der Waals surface area (Å²) in [6.45, 7) is 6.31. The molecule has 0 radical (unpaired) electrons. The predicted octanol–water partition coefficient (Wildman–Crippen LogP) is 2.04. The fraction of sp³-hybridized carbons (Fsp3) is 1.00. The third-order valence-corrected chi connectivity index (χ3v) is 5.54. The van der Waals surface area contributed by atoms with Gasteiger partial charge in [-0.1, -0.05) is 0 Å².